The van der Waals surface area contributed by atoms with Crippen molar-refractivity contribution in [1.82, 2.24) is 4.31 Å². The minimum atomic E-state index is -3.64. The van der Waals surface area contributed by atoms with Crippen molar-refractivity contribution in [3.05, 3.63) is 24.3 Å². The van der Waals surface area contributed by atoms with E-state index >= 15 is 0 Å². The second-order valence-corrected chi connectivity index (χ2v) is 7.49. The Labute approximate surface area is 119 Å². The lowest BCUT2D eigenvalue weighted by atomic mass is 10.1. The predicted octanol–water partition coefficient (Wildman–Crippen LogP) is 0.429. The Kier molecular flexibility index (Phi) is 4.06. The van der Waals surface area contributed by atoms with Crippen LogP contribution in [0.15, 0.2) is 29.2 Å². The molecule has 0 spiro atoms. The minimum Gasteiger partial charge on any atom is -0.399 e. The van der Waals surface area contributed by atoms with Crippen molar-refractivity contribution < 1.29 is 18.3 Å². The van der Waals surface area contributed by atoms with E-state index < -0.39 is 21.7 Å². The Hall–Kier alpha value is -1.15. The molecular formula is C13H20N2O4S. The van der Waals surface area contributed by atoms with E-state index in [1.165, 1.54) is 16.4 Å². The van der Waals surface area contributed by atoms with Gasteiger partial charge in [0.2, 0.25) is 10.0 Å². The Bertz CT molecular complexity index is 586. The summed E-state index contributed by atoms with van der Waals surface area (Å²) in [6.45, 7) is 3.76. The molecule has 2 rings (SSSR count). The first-order valence-corrected chi connectivity index (χ1v) is 7.83. The normalized spacial score (nSPS) is 23.6. The Balaban J connectivity index is 2.33. The van der Waals surface area contributed by atoms with Crippen molar-refractivity contribution >= 4 is 15.7 Å². The Morgan fingerprint density at radius 3 is 2.80 bits per heavy atom. The van der Waals surface area contributed by atoms with Gasteiger partial charge in [-0.1, -0.05) is 6.07 Å². The molecule has 1 fully saturated rings. The fourth-order valence-electron chi connectivity index (χ4n) is 2.34. The topological polar surface area (TPSA) is 92.9 Å². The maximum atomic E-state index is 12.6. The number of hydrogen-bond donors (Lipinski definition) is 2. The molecule has 0 aromatic heterocycles. The van der Waals surface area contributed by atoms with Gasteiger partial charge in [-0.15, -0.1) is 0 Å². The second kappa shape index (κ2) is 5.33. The van der Waals surface area contributed by atoms with Gasteiger partial charge >= 0.3 is 0 Å². The smallest absolute Gasteiger partial charge is 0.243 e. The zero-order chi connectivity index (χ0) is 15.0. The molecule has 1 atom stereocenters. The number of ether oxygens (including phenoxy) is 1. The van der Waals surface area contributed by atoms with Crippen LogP contribution in [-0.4, -0.2) is 49.2 Å². The van der Waals surface area contributed by atoms with Gasteiger partial charge in [0.05, 0.1) is 23.2 Å². The summed E-state index contributed by atoms with van der Waals surface area (Å²) < 4.78 is 32.2. The van der Waals surface area contributed by atoms with Crippen molar-refractivity contribution in [2.75, 3.05) is 25.4 Å². The summed E-state index contributed by atoms with van der Waals surface area (Å²) >= 11 is 0. The predicted molar refractivity (Wildman–Crippen MR) is 75.7 cm³/mol. The number of sulfonamides is 1. The van der Waals surface area contributed by atoms with Crippen LogP contribution in [-0.2, 0) is 14.8 Å². The van der Waals surface area contributed by atoms with Crippen molar-refractivity contribution in [2.45, 2.75) is 30.4 Å². The van der Waals surface area contributed by atoms with Gasteiger partial charge in [0.15, 0.2) is 0 Å². The molecule has 0 saturated carbocycles. The highest BCUT2D eigenvalue weighted by Crippen LogP contribution is 2.27. The van der Waals surface area contributed by atoms with Gasteiger partial charge in [0.1, 0.15) is 0 Å². The van der Waals surface area contributed by atoms with Crippen LogP contribution in [0, 0.1) is 0 Å². The molecule has 7 heteroatoms. The standard InChI is InChI=1S/C13H20N2O4S/c1-13(2)9-15(7-11(8-16)19-13)20(17,18)12-5-3-4-10(14)6-12/h3-6,11,16H,7-9,14H2,1-2H3. The molecule has 1 heterocycles. The molecule has 3 N–H and O–H groups in total. The molecule has 1 saturated heterocycles. The molecular weight excluding hydrogens is 280 g/mol. The summed E-state index contributed by atoms with van der Waals surface area (Å²) in [5.74, 6) is 0. The van der Waals surface area contributed by atoms with Crippen molar-refractivity contribution in [3.8, 4) is 0 Å². The molecule has 112 valence electrons. The number of nitrogens with two attached hydrogens (primary N) is 1. The molecule has 0 aliphatic carbocycles. The van der Waals surface area contributed by atoms with Crippen LogP contribution < -0.4 is 5.73 Å². The average Bonchev–Trinajstić information content (AvgIpc) is 2.36. The number of benzene rings is 1. The molecule has 0 radical (unpaired) electrons. The molecule has 1 aliphatic heterocycles. The Morgan fingerprint density at radius 2 is 2.20 bits per heavy atom. The lowest BCUT2D eigenvalue weighted by Crippen LogP contribution is -2.55. The third-order valence-electron chi connectivity index (χ3n) is 3.15. The molecule has 6 nitrogen and oxygen atoms in total. The molecule has 0 amide bonds. The molecule has 1 aromatic carbocycles. The maximum absolute atomic E-state index is 12.6. The zero-order valence-electron chi connectivity index (χ0n) is 11.6. The first-order valence-electron chi connectivity index (χ1n) is 6.39. The molecule has 1 aromatic rings. The van der Waals surface area contributed by atoms with Crippen LogP contribution in [0.2, 0.25) is 0 Å². The number of rotatable bonds is 3. The quantitative estimate of drug-likeness (QED) is 0.790. The van der Waals surface area contributed by atoms with Crippen molar-refractivity contribution in [1.29, 1.82) is 0 Å². The van der Waals surface area contributed by atoms with E-state index in [-0.39, 0.29) is 24.6 Å². The number of nitrogens with zero attached hydrogens (tertiary/aromatic N) is 1. The van der Waals surface area contributed by atoms with Crippen LogP contribution in [0.5, 0.6) is 0 Å². The first kappa shape index (κ1) is 15.2. The van der Waals surface area contributed by atoms with Crippen LogP contribution in [0.3, 0.4) is 0 Å². The first-order chi connectivity index (χ1) is 9.24. The number of aliphatic hydroxyl groups excluding tert-OH is 1. The van der Waals surface area contributed by atoms with E-state index in [9.17, 15) is 13.5 Å². The van der Waals surface area contributed by atoms with Crippen molar-refractivity contribution in [2.24, 2.45) is 0 Å². The highest BCUT2D eigenvalue weighted by molar-refractivity contribution is 7.89. The van der Waals surface area contributed by atoms with Gasteiger partial charge in [0.25, 0.3) is 0 Å². The maximum Gasteiger partial charge on any atom is 0.243 e. The lowest BCUT2D eigenvalue weighted by molar-refractivity contribution is -0.131. The van der Waals surface area contributed by atoms with Crippen LogP contribution in [0.4, 0.5) is 5.69 Å². The number of anilines is 1. The molecule has 20 heavy (non-hydrogen) atoms. The van der Waals surface area contributed by atoms with Gasteiger partial charge in [-0.05, 0) is 32.0 Å². The van der Waals surface area contributed by atoms with Gasteiger partial charge in [-0.2, -0.15) is 4.31 Å². The molecule has 1 unspecified atom stereocenters. The Morgan fingerprint density at radius 1 is 1.50 bits per heavy atom. The monoisotopic (exact) mass is 300 g/mol. The van der Waals surface area contributed by atoms with Crippen LogP contribution in [0.25, 0.3) is 0 Å². The van der Waals surface area contributed by atoms with Crippen molar-refractivity contribution in [3.63, 3.8) is 0 Å². The lowest BCUT2D eigenvalue weighted by Gasteiger charge is -2.41. The van der Waals surface area contributed by atoms with Crippen LogP contribution in [0.1, 0.15) is 13.8 Å². The summed E-state index contributed by atoms with van der Waals surface area (Å²) in [5.41, 5.74) is 5.40. The van der Waals surface area contributed by atoms with E-state index in [4.69, 9.17) is 10.5 Å². The SMILES string of the molecule is CC1(C)CN(S(=O)(=O)c2cccc(N)c2)CC(CO)O1. The van der Waals surface area contributed by atoms with Gasteiger partial charge in [-0.3, -0.25) is 0 Å². The van der Waals surface area contributed by atoms with E-state index in [2.05, 4.69) is 0 Å². The number of hydrogen-bond acceptors (Lipinski definition) is 5. The van der Waals surface area contributed by atoms with E-state index in [0.29, 0.717) is 5.69 Å². The number of nitrogen functional groups attached to an aromatic ring is 1. The van der Waals surface area contributed by atoms with Gasteiger partial charge < -0.3 is 15.6 Å². The highest BCUT2D eigenvalue weighted by Gasteiger charge is 2.39. The van der Waals surface area contributed by atoms with E-state index in [0.717, 1.165) is 0 Å². The van der Waals surface area contributed by atoms with Crippen LogP contribution >= 0.6 is 0 Å². The summed E-state index contributed by atoms with van der Waals surface area (Å²) in [5, 5.41) is 9.25. The van der Waals surface area contributed by atoms with Gasteiger partial charge in [-0.25, -0.2) is 8.42 Å². The summed E-state index contributed by atoms with van der Waals surface area (Å²) in [4.78, 5) is 0.159. The summed E-state index contributed by atoms with van der Waals surface area (Å²) in [7, 11) is -3.64. The number of aliphatic hydroxyl groups is 1. The average molecular weight is 300 g/mol. The molecule has 1 aliphatic rings. The number of morpholine rings is 1. The fourth-order valence-corrected chi connectivity index (χ4v) is 4.02. The highest BCUT2D eigenvalue weighted by atomic mass is 32.2. The van der Waals surface area contributed by atoms with E-state index in [1.54, 1.807) is 26.0 Å². The van der Waals surface area contributed by atoms with E-state index in [1.807, 2.05) is 0 Å². The summed E-state index contributed by atoms with van der Waals surface area (Å²) in [6, 6.07) is 6.20. The summed E-state index contributed by atoms with van der Waals surface area (Å²) in [6.07, 6.45) is -0.519. The third-order valence-corrected chi connectivity index (χ3v) is 4.96. The van der Waals surface area contributed by atoms with Gasteiger partial charge in [0, 0.05) is 18.8 Å². The second-order valence-electron chi connectivity index (χ2n) is 5.55. The minimum absolute atomic E-state index is 0.136. The third kappa shape index (κ3) is 3.12. The zero-order valence-corrected chi connectivity index (χ0v) is 12.4. The fraction of sp³-hybridized carbons (Fsp3) is 0.538. The largest absolute Gasteiger partial charge is 0.399 e. The molecule has 0 bridgehead atoms.